The Labute approximate surface area is 205 Å². The molecule has 0 saturated carbocycles. The summed E-state index contributed by atoms with van der Waals surface area (Å²) in [5, 5.41) is 3.16. The molecule has 0 saturated heterocycles. The van der Waals surface area contributed by atoms with Gasteiger partial charge in [-0.2, -0.15) is 0 Å². The fourth-order valence-electron chi connectivity index (χ4n) is 5.02. The van der Waals surface area contributed by atoms with Crippen LogP contribution in [0, 0.1) is 6.92 Å². The molecule has 1 amide bonds. The highest BCUT2D eigenvalue weighted by molar-refractivity contribution is 9.11. The highest BCUT2D eigenvalue weighted by Crippen LogP contribution is 2.53. The molecule has 0 radical (unpaired) electrons. The van der Waals surface area contributed by atoms with Crippen LogP contribution in [0.4, 0.5) is 11.4 Å². The molecule has 5 rings (SSSR count). The predicted molar refractivity (Wildman–Crippen MR) is 140 cm³/mol. The molecule has 3 nitrogen and oxygen atoms in total. The molecule has 2 atom stereocenters. The van der Waals surface area contributed by atoms with E-state index in [1.807, 2.05) is 6.07 Å². The van der Waals surface area contributed by atoms with Gasteiger partial charge in [-0.05, 0) is 75.3 Å². The summed E-state index contributed by atoms with van der Waals surface area (Å²) in [6, 6.07) is 19.2. The first-order valence-corrected chi connectivity index (χ1v) is 12.3. The maximum atomic E-state index is 13.4. The first-order chi connectivity index (χ1) is 15.3. The third-order valence-corrected chi connectivity index (χ3v) is 8.08. The fourth-order valence-corrected chi connectivity index (χ4v) is 6.31. The van der Waals surface area contributed by atoms with E-state index >= 15 is 0 Å². The lowest BCUT2D eigenvalue weighted by Gasteiger charge is -2.24. The molecular weight excluding hydrogens is 528 g/mol. The summed E-state index contributed by atoms with van der Waals surface area (Å²) >= 11 is 7.34. The number of hydrogen-bond acceptors (Lipinski definition) is 2. The largest absolute Gasteiger partial charge is 0.378 e. The minimum Gasteiger partial charge on any atom is -0.378 e. The molecule has 1 heterocycles. The van der Waals surface area contributed by atoms with Gasteiger partial charge >= 0.3 is 0 Å². The standard InChI is InChI=1S/C27H24Br2N2O/c1-15-21(28)14-22(29)26-23(15)25(27(32)30-26)24-18(13-17-6-4-5-7-20(17)24)12-16-8-10-19(11-9-16)31(2)3/h4-11,13-14,24-25H,12H2,1-3H3,(H,30,32). The molecule has 5 heteroatoms. The number of amides is 1. The van der Waals surface area contributed by atoms with Crippen molar-refractivity contribution in [1.29, 1.82) is 0 Å². The Hall–Kier alpha value is -2.37. The van der Waals surface area contributed by atoms with Gasteiger partial charge in [0.25, 0.3) is 0 Å². The van der Waals surface area contributed by atoms with Crippen molar-refractivity contribution in [2.75, 3.05) is 24.3 Å². The van der Waals surface area contributed by atoms with Gasteiger partial charge < -0.3 is 10.2 Å². The van der Waals surface area contributed by atoms with Crippen LogP contribution >= 0.6 is 31.9 Å². The van der Waals surface area contributed by atoms with Crippen molar-refractivity contribution >= 4 is 55.2 Å². The first kappa shape index (κ1) is 21.5. The van der Waals surface area contributed by atoms with Gasteiger partial charge in [0.1, 0.15) is 0 Å². The Morgan fingerprint density at radius 3 is 2.41 bits per heavy atom. The lowest BCUT2D eigenvalue weighted by atomic mass is 9.77. The zero-order valence-electron chi connectivity index (χ0n) is 18.2. The quantitative estimate of drug-likeness (QED) is 0.377. The molecule has 32 heavy (non-hydrogen) atoms. The van der Waals surface area contributed by atoms with Gasteiger partial charge in [-0.15, -0.1) is 0 Å². The fraction of sp³-hybridized carbons (Fsp3) is 0.222. The van der Waals surface area contributed by atoms with E-state index in [4.69, 9.17) is 0 Å². The predicted octanol–water partition coefficient (Wildman–Crippen LogP) is 7.05. The van der Waals surface area contributed by atoms with Crippen LogP contribution in [0.25, 0.3) is 6.08 Å². The average molecular weight is 552 g/mol. The minimum absolute atomic E-state index is 0.0147. The number of allylic oxidation sites excluding steroid dienone is 1. The maximum Gasteiger partial charge on any atom is 0.233 e. The highest BCUT2D eigenvalue weighted by atomic mass is 79.9. The number of benzene rings is 3. The zero-order chi connectivity index (χ0) is 22.6. The van der Waals surface area contributed by atoms with Crippen molar-refractivity contribution in [3.05, 3.63) is 96.9 Å². The van der Waals surface area contributed by atoms with Crippen molar-refractivity contribution in [1.82, 2.24) is 0 Å². The van der Waals surface area contributed by atoms with Gasteiger partial charge in [-0.3, -0.25) is 4.79 Å². The molecule has 3 aromatic carbocycles. The van der Waals surface area contributed by atoms with E-state index in [9.17, 15) is 4.79 Å². The topological polar surface area (TPSA) is 32.3 Å². The summed E-state index contributed by atoms with van der Waals surface area (Å²) in [5.74, 6) is -0.173. The third kappa shape index (κ3) is 3.52. The van der Waals surface area contributed by atoms with Crippen LogP contribution in [0.2, 0.25) is 0 Å². The molecule has 0 spiro atoms. The van der Waals surface area contributed by atoms with Gasteiger partial charge in [-0.1, -0.05) is 64.0 Å². The molecule has 1 aliphatic carbocycles. The van der Waals surface area contributed by atoms with E-state index in [-0.39, 0.29) is 17.7 Å². The van der Waals surface area contributed by atoms with E-state index in [2.05, 4.69) is 118 Å². The number of nitrogens with zero attached hydrogens (tertiary/aromatic N) is 1. The van der Waals surface area contributed by atoms with Crippen LogP contribution in [0.5, 0.6) is 0 Å². The molecule has 162 valence electrons. The summed E-state index contributed by atoms with van der Waals surface area (Å²) in [6.07, 6.45) is 3.11. The van der Waals surface area contributed by atoms with Crippen molar-refractivity contribution < 1.29 is 4.79 Å². The Balaban J connectivity index is 1.59. The molecule has 3 aromatic rings. The van der Waals surface area contributed by atoms with E-state index < -0.39 is 0 Å². The number of carbonyl (C=O) groups excluding carboxylic acids is 1. The number of halogens is 2. The first-order valence-electron chi connectivity index (χ1n) is 10.7. The monoisotopic (exact) mass is 550 g/mol. The average Bonchev–Trinajstić information content (AvgIpc) is 3.29. The number of hydrogen-bond donors (Lipinski definition) is 1. The molecule has 2 aliphatic rings. The van der Waals surface area contributed by atoms with Crippen molar-refractivity contribution in [2.45, 2.75) is 25.2 Å². The van der Waals surface area contributed by atoms with E-state index in [1.165, 1.54) is 28.0 Å². The number of rotatable bonds is 4. The number of anilines is 2. The highest BCUT2D eigenvalue weighted by Gasteiger charge is 2.43. The summed E-state index contributed by atoms with van der Waals surface area (Å²) in [7, 11) is 4.10. The number of nitrogens with one attached hydrogen (secondary N) is 1. The number of fused-ring (bicyclic) bond motifs is 2. The molecule has 1 N–H and O–H groups in total. The SMILES string of the molecule is Cc1c(Br)cc(Br)c2c1C(C1C(Cc3ccc(N(C)C)cc3)=Cc3ccccc31)C(=O)N2. The Kier molecular flexibility index (Phi) is 5.50. The summed E-state index contributed by atoms with van der Waals surface area (Å²) in [4.78, 5) is 15.5. The van der Waals surface area contributed by atoms with Crippen LogP contribution in [-0.2, 0) is 11.2 Å². The maximum absolute atomic E-state index is 13.4. The van der Waals surface area contributed by atoms with Crippen LogP contribution in [-0.4, -0.2) is 20.0 Å². The zero-order valence-corrected chi connectivity index (χ0v) is 21.4. The van der Waals surface area contributed by atoms with Gasteiger partial charge in [0, 0.05) is 34.6 Å². The Morgan fingerprint density at radius 2 is 1.69 bits per heavy atom. The molecule has 0 bridgehead atoms. The molecule has 2 unspecified atom stereocenters. The van der Waals surface area contributed by atoms with Crippen LogP contribution in [0.3, 0.4) is 0 Å². The summed E-state index contributed by atoms with van der Waals surface area (Å²) in [6.45, 7) is 2.09. The molecule has 1 aliphatic heterocycles. The van der Waals surface area contributed by atoms with Crippen molar-refractivity contribution in [3.63, 3.8) is 0 Å². The molecular formula is C27H24Br2N2O. The van der Waals surface area contributed by atoms with E-state index in [1.54, 1.807) is 0 Å². The number of carbonyl (C=O) groups is 1. The smallest absolute Gasteiger partial charge is 0.233 e. The Bertz CT molecular complexity index is 1260. The lowest BCUT2D eigenvalue weighted by molar-refractivity contribution is -0.117. The van der Waals surface area contributed by atoms with Crippen LogP contribution < -0.4 is 10.2 Å². The third-order valence-electron chi connectivity index (χ3n) is 6.63. The van der Waals surface area contributed by atoms with Crippen LogP contribution in [0.15, 0.2) is 69.1 Å². The van der Waals surface area contributed by atoms with E-state index in [0.29, 0.717) is 0 Å². The van der Waals surface area contributed by atoms with Gasteiger partial charge in [-0.25, -0.2) is 0 Å². The summed E-state index contributed by atoms with van der Waals surface area (Å²) in [5.41, 5.74) is 9.28. The lowest BCUT2D eigenvalue weighted by Crippen LogP contribution is -2.21. The van der Waals surface area contributed by atoms with Gasteiger partial charge in [0.2, 0.25) is 5.91 Å². The van der Waals surface area contributed by atoms with E-state index in [0.717, 1.165) is 32.2 Å². The van der Waals surface area contributed by atoms with Crippen molar-refractivity contribution in [3.8, 4) is 0 Å². The van der Waals surface area contributed by atoms with Crippen molar-refractivity contribution in [2.24, 2.45) is 0 Å². The second kappa shape index (κ2) is 8.20. The van der Waals surface area contributed by atoms with Gasteiger partial charge in [0.05, 0.1) is 11.6 Å². The van der Waals surface area contributed by atoms with Crippen LogP contribution in [0.1, 0.15) is 39.7 Å². The Morgan fingerprint density at radius 1 is 0.969 bits per heavy atom. The second-order valence-corrected chi connectivity index (χ2v) is 10.5. The summed E-state index contributed by atoms with van der Waals surface area (Å²) < 4.78 is 1.93. The minimum atomic E-state index is -0.255. The molecule has 0 aromatic heterocycles. The van der Waals surface area contributed by atoms with Gasteiger partial charge in [0.15, 0.2) is 0 Å². The normalized spacial score (nSPS) is 18.8. The molecule has 0 fully saturated rings. The second-order valence-electron chi connectivity index (χ2n) is 8.78.